The number of allylic oxidation sites excluding steroid dienone is 1. The van der Waals surface area contributed by atoms with Gasteiger partial charge in [0.05, 0.1) is 0 Å². The topological polar surface area (TPSA) is 84.6 Å². The van der Waals surface area contributed by atoms with Crippen molar-refractivity contribution in [2.24, 2.45) is 22.4 Å². The summed E-state index contributed by atoms with van der Waals surface area (Å²) in [5.41, 5.74) is 11.0. The predicted molar refractivity (Wildman–Crippen MR) is 50.5 cm³/mol. The van der Waals surface area contributed by atoms with Crippen LogP contribution in [0.1, 0.15) is 13.8 Å². The normalized spacial score (nSPS) is 14.4. The largest absolute Gasteiger partial charge is 0.510 e. The summed E-state index contributed by atoms with van der Waals surface area (Å²) in [6.07, 6.45) is 1.27. The maximum Gasteiger partial charge on any atom is 0.150 e. The number of aliphatic hydroxyl groups is 1. The SMILES string of the molecule is C=CN=C(N)C(N)=C(O)C(C)C. The minimum absolute atomic E-state index is 0.0523. The summed E-state index contributed by atoms with van der Waals surface area (Å²) in [5, 5.41) is 9.35. The van der Waals surface area contributed by atoms with Gasteiger partial charge in [-0.1, -0.05) is 20.4 Å². The van der Waals surface area contributed by atoms with E-state index in [0.29, 0.717) is 0 Å². The second-order valence-corrected chi connectivity index (χ2v) is 2.65. The van der Waals surface area contributed by atoms with E-state index < -0.39 is 0 Å². The fourth-order valence-corrected chi connectivity index (χ4v) is 0.610. The van der Waals surface area contributed by atoms with Crippen LogP contribution in [0.25, 0.3) is 0 Å². The first kappa shape index (κ1) is 10.6. The molecule has 0 bridgehead atoms. The predicted octanol–water partition coefficient (Wildman–Crippen LogP) is 0.871. The van der Waals surface area contributed by atoms with Gasteiger partial charge in [0.15, 0.2) is 0 Å². The molecule has 0 aromatic heterocycles. The molecule has 0 saturated carbocycles. The van der Waals surface area contributed by atoms with Crippen LogP contribution >= 0.6 is 0 Å². The fourth-order valence-electron chi connectivity index (χ4n) is 0.610. The monoisotopic (exact) mass is 169 g/mol. The number of aliphatic imine (C=N–C) groups is 1. The lowest BCUT2D eigenvalue weighted by molar-refractivity contribution is 0.347. The lowest BCUT2D eigenvalue weighted by Gasteiger charge is -2.07. The Morgan fingerprint density at radius 2 is 2.00 bits per heavy atom. The van der Waals surface area contributed by atoms with Crippen molar-refractivity contribution in [2.75, 3.05) is 0 Å². The van der Waals surface area contributed by atoms with E-state index in [1.54, 1.807) is 0 Å². The molecular weight excluding hydrogens is 154 g/mol. The van der Waals surface area contributed by atoms with Gasteiger partial charge in [-0.15, -0.1) is 0 Å². The number of nitrogens with zero attached hydrogens (tertiary/aromatic N) is 1. The Kier molecular flexibility index (Phi) is 3.90. The molecule has 4 heteroatoms. The van der Waals surface area contributed by atoms with Crippen LogP contribution in [-0.2, 0) is 0 Å². The van der Waals surface area contributed by atoms with Gasteiger partial charge >= 0.3 is 0 Å². The van der Waals surface area contributed by atoms with Gasteiger partial charge in [-0.25, -0.2) is 4.99 Å². The molecular formula is C8H15N3O. The Balaban J connectivity index is 4.77. The van der Waals surface area contributed by atoms with Crippen molar-refractivity contribution in [3.63, 3.8) is 0 Å². The van der Waals surface area contributed by atoms with Crippen LogP contribution in [0.5, 0.6) is 0 Å². The van der Waals surface area contributed by atoms with Crippen LogP contribution in [0.2, 0.25) is 0 Å². The third-order valence-electron chi connectivity index (χ3n) is 1.33. The lowest BCUT2D eigenvalue weighted by Crippen LogP contribution is -2.23. The first-order valence-electron chi connectivity index (χ1n) is 3.63. The van der Waals surface area contributed by atoms with Gasteiger partial charge in [0, 0.05) is 12.1 Å². The van der Waals surface area contributed by atoms with Crippen molar-refractivity contribution >= 4 is 5.84 Å². The maximum atomic E-state index is 9.35. The fraction of sp³-hybridized carbons (Fsp3) is 0.375. The van der Waals surface area contributed by atoms with E-state index in [1.807, 2.05) is 13.8 Å². The average Bonchev–Trinajstić information content (AvgIpc) is 2.02. The lowest BCUT2D eigenvalue weighted by atomic mass is 10.1. The molecule has 0 fully saturated rings. The van der Waals surface area contributed by atoms with Crippen molar-refractivity contribution in [1.29, 1.82) is 0 Å². The zero-order chi connectivity index (χ0) is 9.72. The van der Waals surface area contributed by atoms with E-state index in [0.717, 1.165) is 0 Å². The summed E-state index contributed by atoms with van der Waals surface area (Å²) >= 11 is 0. The quantitative estimate of drug-likeness (QED) is 0.333. The van der Waals surface area contributed by atoms with Gasteiger partial charge in [-0.2, -0.15) is 0 Å². The van der Waals surface area contributed by atoms with E-state index in [1.165, 1.54) is 6.20 Å². The maximum absolute atomic E-state index is 9.35. The van der Waals surface area contributed by atoms with E-state index >= 15 is 0 Å². The van der Waals surface area contributed by atoms with Gasteiger partial charge in [-0.3, -0.25) is 0 Å². The summed E-state index contributed by atoms with van der Waals surface area (Å²) in [6.45, 7) is 6.98. The Morgan fingerprint density at radius 1 is 1.50 bits per heavy atom. The standard InChI is InChI=1S/C8H15N3O/c1-4-11-8(10)6(9)7(12)5(2)3/h4-5,12H,1,9H2,2-3H3,(H2,10,11). The Bertz CT molecular complexity index is 228. The Hall–Kier alpha value is -1.45. The molecule has 4 nitrogen and oxygen atoms in total. The molecule has 5 N–H and O–H groups in total. The minimum Gasteiger partial charge on any atom is -0.510 e. The molecule has 0 saturated heterocycles. The molecule has 0 aliphatic carbocycles. The van der Waals surface area contributed by atoms with Crippen LogP contribution in [0.15, 0.2) is 29.2 Å². The first-order chi connectivity index (χ1) is 5.50. The van der Waals surface area contributed by atoms with Crippen molar-refractivity contribution in [3.05, 3.63) is 24.2 Å². The molecule has 0 spiro atoms. The van der Waals surface area contributed by atoms with E-state index in [9.17, 15) is 5.11 Å². The third kappa shape index (κ3) is 2.65. The van der Waals surface area contributed by atoms with Gasteiger partial charge in [0.2, 0.25) is 0 Å². The van der Waals surface area contributed by atoms with Crippen LogP contribution in [-0.4, -0.2) is 10.9 Å². The molecule has 68 valence electrons. The average molecular weight is 169 g/mol. The smallest absolute Gasteiger partial charge is 0.150 e. The van der Waals surface area contributed by atoms with Gasteiger partial charge in [-0.05, 0) is 0 Å². The van der Waals surface area contributed by atoms with Crippen LogP contribution < -0.4 is 11.5 Å². The summed E-state index contributed by atoms with van der Waals surface area (Å²) in [6, 6.07) is 0. The molecule has 0 aromatic rings. The minimum atomic E-state index is -0.0523. The van der Waals surface area contributed by atoms with E-state index in [-0.39, 0.29) is 23.2 Å². The Labute approximate surface area is 72.3 Å². The molecule has 0 radical (unpaired) electrons. The molecule has 0 aromatic carbocycles. The van der Waals surface area contributed by atoms with Crippen molar-refractivity contribution in [1.82, 2.24) is 0 Å². The van der Waals surface area contributed by atoms with Gasteiger partial charge in [0.1, 0.15) is 17.3 Å². The highest BCUT2D eigenvalue weighted by Crippen LogP contribution is 2.07. The zero-order valence-electron chi connectivity index (χ0n) is 7.41. The number of amidine groups is 1. The Morgan fingerprint density at radius 3 is 2.33 bits per heavy atom. The number of hydrogen-bond acceptors (Lipinski definition) is 3. The summed E-state index contributed by atoms with van der Waals surface area (Å²) in [4.78, 5) is 3.64. The van der Waals surface area contributed by atoms with Crippen molar-refractivity contribution in [2.45, 2.75) is 13.8 Å². The summed E-state index contributed by atoms with van der Waals surface area (Å²) in [5.74, 6) is 0.0952. The van der Waals surface area contributed by atoms with Crippen molar-refractivity contribution < 1.29 is 5.11 Å². The molecule has 0 aliphatic rings. The van der Waals surface area contributed by atoms with Crippen LogP contribution in [0, 0.1) is 5.92 Å². The van der Waals surface area contributed by atoms with Gasteiger partial charge < -0.3 is 16.6 Å². The highest BCUT2D eigenvalue weighted by atomic mass is 16.3. The molecule has 0 amide bonds. The number of aliphatic hydroxyl groups excluding tert-OH is 1. The van der Waals surface area contributed by atoms with Crippen LogP contribution in [0.4, 0.5) is 0 Å². The number of hydrogen-bond donors (Lipinski definition) is 3. The molecule has 0 aliphatic heterocycles. The van der Waals surface area contributed by atoms with Gasteiger partial charge in [0.25, 0.3) is 0 Å². The first-order valence-corrected chi connectivity index (χ1v) is 3.63. The summed E-state index contributed by atoms with van der Waals surface area (Å²) < 4.78 is 0. The highest BCUT2D eigenvalue weighted by Gasteiger charge is 2.08. The number of rotatable bonds is 3. The van der Waals surface area contributed by atoms with E-state index in [4.69, 9.17) is 11.5 Å². The summed E-state index contributed by atoms with van der Waals surface area (Å²) in [7, 11) is 0. The van der Waals surface area contributed by atoms with E-state index in [2.05, 4.69) is 11.6 Å². The zero-order valence-corrected chi connectivity index (χ0v) is 7.41. The second kappa shape index (κ2) is 4.43. The second-order valence-electron chi connectivity index (χ2n) is 2.65. The molecule has 0 atom stereocenters. The molecule has 0 unspecified atom stereocenters. The molecule has 0 heterocycles. The highest BCUT2D eigenvalue weighted by molar-refractivity contribution is 5.96. The van der Waals surface area contributed by atoms with Crippen LogP contribution in [0.3, 0.4) is 0 Å². The van der Waals surface area contributed by atoms with Crippen molar-refractivity contribution in [3.8, 4) is 0 Å². The molecule has 12 heavy (non-hydrogen) atoms. The third-order valence-corrected chi connectivity index (χ3v) is 1.33. The number of nitrogens with two attached hydrogens (primary N) is 2. The molecule has 0 rings (SSSR count).